The fourth-order valence-electron chi connectivity index (χ4n) is 3.32. The van der Waals surface area contributed by atoms with Crippen LogP contribution in [0, 0.1) is 0 Å². The highest BCUT2D eigenvalue weighted by Crippen LogP contribution is 2.35. The van der Waals surface area contributed by atoms with E-state index in [1.165, 1.54) is 62.9 Å². The lowest BCUT2D eigenvalue weighted by atomic mass is 10.2. The van der Waals surface area contributed by atoms with Crippen LogP contribution in [-0.4, -0.2) is 65.6 Å². The predicted molar refractivity (Wildman–Crippen MR) is 124 cm³/mol. The number of aliphatic hydroxyl groups excluding tert-OH is 1. The Hall–Kier alpha value is -1.68. The van der Waals surface area contributed by atoms with Crippen LogP contribution in [0.5, 0.6) is 0 Å². The van der Waals surface area contributed by atoms with Crippen molar-refractivity contribution in [3.05, 3.63) is 53.2 Å². The summed E-state index contributed by atoms with van der Waals surface area (Å²) in [5.41, 5.74) is -0.877. The number of carbonyl (C=O) groups excluding carboxylic acids is 1. The van der Waals surface area contributed by atoms with E-state index in [0.717, 1.165) is 6.07 Å². The Morgan fingerprint density at radius 1 is 1.15 bits per heavy atom. The van der Waals surface area contributed by atoms with E-state index in [2.05, 4.69) is 9.71 Å². The first-order valence-electron chi connectivity index (χ1n) is 9.57. The molecule has 1 unspecified atom stereocenters. The molecule has 2 N–H and O–H groups in total. The van der Waals surface area contributed by atoms with Crippen LogP contribution in [-0.2, 0) is 21.0 Å². The minimum absolute atomic E-state index is 0.0143. The smallest absolute Gasteiger partial charge is 0.380 e. The van der Waals surface area contributed by atoms with Crippen LogP contribution in [0.3, 0.4) is 0 Å². The molecule has 2 aromatic rings. The van der Waals surface area contributed by atoms with E-state index in [-0.39, 0.29) is 41.9 Å². The molecule has 1 amide bonds. The van der Waals surface area contributed by atoms with Crippen LogP contribution in [0.2, 0.25) is 5.02 Å². The van der Waals surface area contributed by atoms with E-state index in [1.54, 1.807) is 6.07 Å². The van der Waals surface area contributed by atoms with Crippen LogP contribution in [0.25, 0.3) is 0 Å². The zero-order valence-electron chi connectivity index (χ0n) is 16.8. The van der Waals surface area contributed by atoms with Gasteiger partial charge < -0.3 is 14.9 Å². The zero-order valence-corrected chi connectivity index (χ0v) is 20.6. The summed E-state index contributed by atoms with van der Waals surface area (Å²) in [6.45, 7) is 0.126. The van der Waals surface area contributed by atoms with Gasteiger partial charge in [0.25, 0.3) is 0 Å². The van der Waals surface area contributed by atoms with E-state index < -0.39 is 37.8 Å². The molecular formula is C19H19ClF3IN4O4S. The summed E-state index contributed by atoms with van der Waals surface area (Å²) in [6, 6.07) is 6.26. The molecule has 180 valence electrons. The molecule has 0 spiro atoms. The topological polar surface area (TPSA) is 103 Å². The number of benzene rings is 1. The average molecular weight is 619 g/mol. The quantitative estimate of drug-likeness (QED) is 0.381. The molecule has 1 aromatic heterocycles. The number of alkyl halides is 4. The third kappa shape index (κ3) is 6.07. The molecule has 1 aliphatic rings. The second-order valence-electron chi connectivity index (χ2n) is 7.09. The summed E-state index contributed by atoms with van der Waals surface area (Å²) in [5, 5.41) is 10.0. The Labute approximate surface area is 206 Å². The number of sulfonamides is 1. The standard InChI is InChI=1S/C19H19ClF3IN4O4S/c20-13-5-1-2-6-14(13)33(31,32)26-15(16(24)29)18(30)28-10-8-27(9-11-28)17-12(19(21,22)23)4-3-7-25-17/h1-7,15-16,26,29H,8-11H2/t15-,16?/m1/s1. The molecule has 3 rings (SSSR count). The van der Waals surface area contributed by atoms with Crippen LogP contribution >= 0.6 is 34.2 Å². The van der Waals surface area contributed by atoms with Gasteiger partial charge >= 0.3 is 6.18 Å². The van der Waals surface area contributed by atoms with Gasteiger partial charge in [-0.1, -0.05) is 23.7 Å². The molecule has 0 saturated carbocycles. The van der Waals surface area contributed by atoms with Crippen LogP contribution in [0.4, 0.5) is 19.0 Å². The van der Waals surface area contributed by atoms with Gasteiger partial charge in [0, 0.05) is 32.4 Å². The highest BCUT2D eigenvalue weighted by atomic mass is 127. The summed E-state index contributed by atoms with van der Waals surface area (Å²) in [4.78, 5) is 19.3. The normalized spacial score (nSPS) is 17.0. The Kier molecular flexibility index (Phi) is 8.09. The molecule has 1 aromatic carbocycles. The molecule has 33 heavy (non-hydrogen) atoms. The SMILES string of the molecule is O=C([C@H](NS(=O)(=O)c1ccccc1Cl)C(O)I)N1CCN(c2ncccc2C(F)(F)F)CC1. The molecule has 1 saturated heterocycles. The maximum absolute atomic E-state index is 13.3. The van der Waals surface area contributed by atoms with Crippen molar-refractivity contribution in [2.45, 2.75) is 21.2 Å². The highest BCUT2D eigenvalue weighted by molar-refractivity contribution is 14.1. The Bertz CT molecular complexity index is 1110. The largest absolute Gasteiger partial charge is 0.419 e. The zero-order chi connectivity index (χ0) is 24.4. The number of amides is 1. The number of rotatable bonds is 6. The van der Waals surface area contributed by atoms with Gasteiger partial charge in [-0.3, -0.25) is 4.79 Å². The van der Waals surface area contributed by atoms with E-state index in [1.807, 2.05) is 0 Å². The molecule has 0 radical (unpaired) electrons. The maximum atomic E-state index is 13.3. The summed E-state index contributed by atoms with van der Waals surface area (Å²) < 4.78 is 66.1. The number of pyridine rings is 1. The van der Waals surface area contributed by atoms with Gasteiger partial charge in [0.1, 0.15) is 20.9 Å². The van der Waals surface area contributed by atoms with Gasteiger partial charge in [0.05, 0.1) is 10.6 Å². The lowest BCUT2D eigenvalue weighted by Crippen LogP contribution is -2.57. The first-order valence-corrected chi connectivity index (χ1v) is 12.7. The number of nitrogens with zero attached hydrogens (tertiary/aromatic N) is 3. The predicted octanol–water partition coefficient (Wildman–Crippen LogP) is 2.50. The average Bonchev–Trinajstić information content (AvgIpc) is 2.76. The van der Waals surface area contributed by atoms with Gasteiger partial charge in [-0.25, -0.2) is 13.4 Å². The number of aliphatic hydroxyl groups is 1. The van der Waals surface area contributed by atoms with Crippen molar-refractivity contribution in [1.29, 1.82) is 0 Å². The number of anilines is 1. The molecule has 0 bridgehead atoms. The second-order valence-corrected chi connectivity index (χ2v) is 10.5. The molecule has 1 fully saturated rings. The van der Waals surface area contributed by atoms with Gasteiger partial charge in [0.15, 0.2) is 0 Å². The molecule has 2 heterocycles. The number of carbonyl (C=O) groups is 1. The monoisotopic (exact) mass is 618 g/mol. The van der Waals surface area contributed by atoms with Crippen LogP contribution in [0.1, 0.15) is 5.56 Å². The molecule has 14 heteroatoms. The molecule has 0 aliphatic carbocycles. The Morgan fingerprint density at radius 2 is 1.79 bits per heavy atom. The summed E-state index contributed by atoms with van der Waals surface area (Å²) in [5.74, 6) is -0.939. The first-order chi connectivity index (χ1) is 15.4. The van der Waals surface area contributed by atoms with Gasteiger partial charge in [-0.05, 0) is 46.9 Å². The van der Waals surface area contributed by atoms with Gasteiger partial charge in [0.2, 0.25) is 15.9 Å². The summed E-state index contributed by atoms with van der Waals surface area (Å²) >= 11 is 7.46. The Morgan fingerprint density at radius 3 is 2.36 bits per heavy atom. The van der Waals surface area contributed by atoms with Crippen LogP contribution < -0.4 is 9.62 Å². The number of aromatic nitrogens is 1. The number of hydrogen-bond acceptors (Lipinski definition) is 6. The number of piperazine rings is 1. The third-order valence-electron chi connectivity index (χ3n) is 4.93. The van der Waals surface area contributed by atoms with Crippen molar-refractivity contribution in [3.63, 3.8) is 0 Å². The number of nitrogens with one attached hydrogen (secondary N) is 1. The van der Waals surface area contributed by atoms with E-state index in [0.29, 0.717) is 0 Å². The highest BCUT2D eigenvalue weighted by Gasteiger charge is 2.38. The van der Waals surface area contributed by atoms with Crippen molar-refractivity contribution < 1.29 is 31.5 Å². The van der Waals surface area contributed by atoms with Gasteiger partial charge in [-0.2, -0.15) is 17.9 Å². The fraction of sp³-hybridized carbons (Fsp3) is 0.368. The van der Waals surface area contributed by atoms with Gasteiger partial charge in [-0.15, -0.1) is 0 Å². The van der Waals surface area contributed by atoms with Crippen molar-refractivity contribution in [3.8, 4) is 0 Å². The molecule has 1 aliphatic heterocycles. The molecule has 2 atom stereocenters. The maximum Gasteiger partial charge on any atom is 0.419 e. The minimum Gasteiger partial charge on any atom is -0.380 e. The van der Waals surface area contributed by atoms with Crippen molar-refractivity contribution >= 4 is 55.9 Å². The molecular weight excluding hydrogens is 600 g/mol. The first kappa shape index (κ1) is 25.9. The van der Waals surface area contributed by atoms with Crippen molar-refractivity contribution in [1.82, 2.24) is 14.6 Å². The lowest BCUT2D eigenvalue weighted by Gasteiger charge is -2.38. The Balaban J connectivity index is 1.73. The lowest BCUT2D eigenvalue weighted by molar-refractivity contribution is -0.138. The van der Waals surface area contributed by atoms with Crippen molar-refractivity contribution in [2.24, 2.45) is 0 Å². The molecule has 8 nitrogen and oxygen atoms in total. The van der Waals surface area contributed by atoms with E-state index >= 15 is 0 Å². The third-order valence-corrected chi connectivity index (χ3v) is 7.59. The van der Waals surface area contributed by atoms with Crippen molar-refractivity contribution in [2.75, 3.05) is 31.1 Å². The van der Waals surface area contributed by atoms with E-state index in [4.69, 9.17) is 11.6 Å². The number of hydrogen-bond donors (Lipinski definition) is 2. The fourth-order valence-corrected chi connectivity index (χ4v) is 5.77. The van der Waals surface area contributed by atoms with Crippen LogP contribution in [0.15, 0.2) is 47.5 Å². The summed E-state index contributed by atoms with van der Waals surface area (Å²) in [6.07, 6.45) is -3.32. The van der Waals surface area contributed by atoms with E-state index in [9.17, 15) is 31.5 Å². The minimum atomic E-state index is -4.58. The summed E-state index contributed by atoms with van der Waals surface area (Å²) in [7, 11) is -4.23. The second kappa shape index (κ2) is 10.3. The number of halogens is 5.